The SMILES string of the molecule is CCCc1nnc(C(=O)N2CCC(C(=O)NCc3ccccc3)CC2)o1. The molecule has 2 heterocycles. The zero-order chi connectivity index (χ0) is 18.4. The van der Waals surface area contributed by atoms with Crippen LogP contribution in [-0.4, -0.2) is 40.0 Å². The number of nitrogens with zero attached hydrogens (tertiary/aromatic N) is 3. The summed E-state index contributed by atoms with van der Waals surface area (Å²) in [4.78, 5) is 26.5. The Morgan fingerprint density at radius 1 is 1.19 bits per heavy atom. The Labute approximate surface area is 152 Å². The van der Waals surface area contributed by atoms with E-state index >= 15 is 0 Å². The quantitative estimate of drug-likeness (QED) is 0.857. The second-order valence-electron chi connectivity index (χ2n) is 6.52. The molecule has 7 nitrogen and oxygen atoms in total. The normalized spacial score (nSPS) is 15.0. The summed E-state index contributed by atoms with van der Waals surface area (Å²) >= 11 is 0. The molecule has 0 spiro atoms. The van der Waals surface area contributed by atoms with Gasteiger partial charge in [-0.25, -0.2) is 0 Å². The van der Waals surface area contributed by atoms with Gasteiger partial charge >= 0.3 is 11.8 Å². The number of hydrogen-bond acceptors (Lipinski definition) is 5. The molecule has 1 aliphatic heterocycles. The Kier molecular flexibility index (Phi) is 5.99. The lowest BCUT2D eigenvalue weighted by Crippen LogP contribution is -2.43. The summed E-state index contributed by atoms with van der Waals surface area (Å²) in [7, 11) is 0. The molecule has 2 aromatic rings. The fourth-order valence-electron chi connectivity index (χ4n) is 3.06. The molecule has 7 heteroatoms. The Morgan fingerprint density at radius 3 is 2.62 bits per heavy atom. The first-order valence-electron chi connectivity index (χ1n) is 9.10. The summed E-state index contributed by atoms with van der Waals surface area (Å²) in [6, 6.07) is 9.83. The molecule has 1 fully saturated rings. The van der Waals surface area contributed by atoms with Crippen LogP contribution in [0.5, 0.6) is 0 Å². The van der Waals surface area contributed by atoms with Gasteiger partial charge in [0.15, 0.2) is 0 Å². The number of amides is 2. The number of rotatable bonds is 6. The van der Waals surface area contributed by atoms with E-state index in [0.29, 0.717) is 44.8 Å². The summed E-state index contributed by atoms with van der Waals surface area (Å²) in [5.74, 6) is 0.263. The number of nitrogens with one attached hydrogen (secondary N) is 1. The van der Waals surface area contributed by atoms with Crippen LogP contribution >= 0.6 is 0 Å². The van der Waals surface area contributed by atoms with E-state index in [1.165, 1.54) is 0 Å². The molecule has 1 aromatic heterocycles. The van der Waals surface area contributed by atoms with Crippen LogP contribution in [0.4, 0.5) is 0 Å². The molecule has 0 aliphatic carbocycles. The maximum atomic E-state index is 12.4. The summed E-state index contributed by atoms with van der Waals surface area (Å²) in [5, 5.41) is 10.7. The standard InChI is InChI=1S/C19H24N4O3/c1-2-6-16-21-22-18(26-16)19(25)23-11-9-15(10-12-23)17(24)20-13-14-7-4-3-5-8-14/h3-5,7-8,15H,2,6,9-13H2,1H3,(H,20,24). The van der Waals surface area contributed by atoms with E-state index in [1.54, 1.807) is 4.90 Å². The second-order valence-corrected chi connectivity index (χ2v) is 6.52. The molecule has 26 heavy (non-hydrogen) atoms. The highest BCUT2D eigenvalue weighted by molar-refractivity contribution is 5.89. The minimum absolute atomic E-state index is 0.0421. The molecule has 2 amide bonds. The van der Waals surface area contributed by atoms with Crippen LogP contribution in [0, 0.1) is 5.92 Å². The summed E-state index contributed by atoms with van der Waals surface area (Å²) < 4.78 is 5.41. The van der Waals surface area contributed by atoms with Gasteiger partial charge in [-0.1, -0.05) is 37.3 Å². The Bertz CT molecular complexity index is 736. The highest BCUT2D eigenvalue weighted by atomic mass is 16.4. The lowest BCUT2D eigenvalue weighted by Gasteiger charge is -2.30. The van der Waals surface area contributed by atoms with Crippen molar-refractivity contribution in [3.05, 3.63) is 47.7 Å². The van der Waals surface area contributed by atoms with Crippen molar-refractivity contribution in [2.75, 3.05) is 13.1 Å². The lowest BCUT2D eigenvalue weighted by molar-refractivity contribution is -0.126. The lowest BCUT2D eigenvalue weighted by atomic mass is 9.95. The fourth-order valence-corrected chi connectivity index (χ4v) is 3.06. The number of carbonyl (C=O) groups excluding carboxylic acids is 2. The minimum Gasteiger partial charge on any atom is -0.417 e. The Morgan fingerprint density at radius 2 is 1.92 bits per heavy atom. The number of carbonyl (C=O) groups is 2. The van der Waals surface area contributed by atoms with E-state index in [1.807, 2.05) is 37.3 Å². The molecule has 1 saturated heterocycles. The Balaban J connectivity index is 1.47. The molecular weight excluding hydrogens is 332 g/mol. The largest absolute Gasteiger partial charge is 0.417 e. The van der Waals surface area contributed by atoms with Gasteiger partial charge in [-0.2, -0.15) is 0 Å². The maximum Gasteiger partial charge on any atom is 0.311 e. The van der Waals surface area contributed by atoms with Crippen molar-refractivity contribution in [3.63, 3.8) is 0 Å². The molecule has 0 unspecified atom stereocenters. The number of benzene rings is 1. The van der Waals surface area contributed by atoms with Crippen LogP contribution in [0.25, 0.3) is 0 Å². The van der Waals surface area contributed by atoms with Gasteiger partial charge < -0.3 is 14.6 Å². The topological polar surface area (TPSA) is 88.3 Å². The zero-order valence-corrected chi connectivity index (χ0v) is 15.0. The molecule has 1 aromatic carbocycles. The van der Waals surface area contributed by atoms with Crippen molar-refractivity contribution in [1.29, 1.82) is 0 Å². The van der Waals surface area contributed by atoms with Crippen LogP contribution in [-0.2, 0) is 17.8 Å². The van der Waals surface area contributed by atoms with E-state index < -0.39 is 0 Å². The molecule has 0 saturated carbocycles. The third-order valence-corrected chi connectivity index (χ3v) is 4.58. The van der Waals surface area contributed by atoms with Crippen LogP contribution in [0.2, 0.25) is 0 Å². The van der Waals surface area contributed by atoms with Gasteiger partial charge in [0.1, 0.15) is 0 Å². The van der Waals surface area contributed by atoms with E-state index in [4.69, 9.17) is 4.42 Å². The van der Waals surface area contributed by atoms with Crippen molar-refractivity contribution in [1.82, 2.24) is 20.4 Å². The van der Waals surface area contributed by atoms with Crippen molar-refractivity contribution >= 4 is 11.8 Å². The number of aryl methyl sites for hydroxylation is 1. The zero-order valence-electron chi connectivity index (χ0n) is 15.0. The molecule has 138 valence electrons. The molecule has 0 atom stereocenters. The average molecular weight is 356 g/mol. The monoisotopic (exact) mass is 356 g/mol. The molecule has 0 bridgehead atoms. The first-order valence-corrected chi connectivity index (χ1v) is 9.10. The van der Waals surface area contributed by atoms with Crippen LogP contribution in [0.3, 0.4) is 0 Å². The van der Waals surface area contributed by atoms with Gasteiger partial charge in [0.25, 0.3) is 0 Å². The van der Waals surface area contributed by atoms with Crippen LogP contribution < -0.4 is 5.32 Å². The van der Waals surface area contributed by atoms with Gasteiger partial charge in [-0.15, -0.1) is 10.2 Å². The number of piperidine rings is 1. The highest BCUT2D eigenvalue weighted by Crippen LogP contribution is 2.19. The highest BCUT2D eigenvalue weighted by Gasteiger charge is 2.29. The predicted molar refractivity (Wildman–Crippen MR) is 95.2 cm³/mol. The number of aromatic nitrogens is 2. The van der Waals surface area contributed by atoms with E-state index in [0.717, 1.165) is 12.0 Å². The van der Waals surface area contributed by atoms with Crippen LogP contribution in [0.1, 0.15) is 48.3 Å². The van der Waals surface area contributed by atoms with Crippen molar-refractivity contribution in [2.45, 2.75) is 39.2 Å². The average Bonchev–Trinajstić information content (AvgIpc) is 3.15. The van der Waals surface area contributed by atoms with Gasteiger partial charge in [0, 0.05) is 32.0 Å². The van der Waals surface area contributed by atoms with Crippen molar-refractivity contribution < 1.29 is 14.0 Å². The number of likely N-dealkylation sites (tertiary alicyclic amines) is 1. The third kappa shape index (κ3) is 4.47. The molecule has 1 aliphatic rings. The van der Waals surface area contributed by atoms with E-state index in [9.17, 15) is 9.59 Å². The smallest absolute Gasteiger partial charge is 0.311 e. The van der Waals surface area contributed by atoms with Crippen LogP contribution in [0.15, 0.2) is 34.7 Å². The van der Waals surface area contributed by atoms with Gasteiger partial charge in [0.2, 0.25) is 11.8 Å². The van der Waals surface area contributed by atoms with Gasteiger partial charge in [0.05, 0.1) is 0 Å². The van der Waals surface area contributed by atoms with E-state index in [-0.39, 0.29) is 23.6 Å². The molecule has 1 N–H and O–H groups in total. The molecule has 3 rings (SSSR count). The third-order valence-electron chi connectivity index (χ3n) is 4.58. The predicted octanol–water partition coefficient (Wildman–Crippen LogP) is 2.19. The fraction of sp³-hybridized carbons (Fsp3) is 0.474. The van der Waals surface area contributed by atoms with Crippen molar-refractivity contribution in [2.24, 2.45) is 5.92 Å². The summed E-state index contributed by atoms with van der Waals surface area (Å²) in [5.41, 5.74) is 1.08. The van der Waals surface area contributed by atoms with Crippen molar-refractivity contribution in [3.8, 4) is 0 Å². The van der Waals surface area contributed by atoms with Gasteiger partial charge in [-0.05, 0) is 24.8 Å². The maximum absolute atomic E-state index is 12.4. The number of hydrogen-bond donors (Lipinski definition) is 1. The summed E-state index contributed by atoms with van der Waals surface area (Å²) in [6.07, 6.45) is 2.84. The first kappa shape index (κ1) is 18.1. The molecule has 0 radical (unpaired) electrons. The molecular formula is C19H24N4O3. The van der Waals surface area contributed by atoms with E-state index in [2.05, 4.69) is 15.5 Å². The Hall–Kier alpha value is -2.70. The summed E-state index contributed by atoms with van der Waals surface area (Å²) in [6.45, 7) is 3.59. The second kappa shape index (κ2) is 8.60. The minimum atomic E-state index is -0.247. The first-order chi connectivity index (χ1) is 12.7. The van der Waals surface area contributed by atoms with Gasteiger partial charge in [-0.3, -0.25) is 9.59 Å².